The van der Waals surface area contributed by atoms with Gasteiger partial charge in [0.15, 0.2) is 0 Å². The monoisotopic (exact) mass is 218 g/mol. The van der Waals surface area contributed by atoms with Crippen LogP contribution >= 0.6 is 0 Å². The van der Waals surface area contributed by atoms with Crippen molar-refractivity contribution in [2.75, 3.05) is 0 Å². The van der Waals surface area contributed by atoms with Gasteiger partial charge in [0, 0.05) is 12.8 Å². The molecule has 0 unspecified atom stereocenters. The molecule has 0 N–H and O–H groups in total. The maximum atomic E-state index is 5.65. The number of hydrogen-bond acceptors (Lipinski definition) is 2. The van der Waals surface area contributed by atoms with E-state index >= 15 is 0 Å². The molecule has 0 spiro atoms. The smallest absolute Gasteiger partial charge is 0.254 e. The lowest BCUT2D eigenvalue weighted by atomic mass is 9.96. The Kier molecular flexibility index (Phi) is 3.18. The van der Waals surface area contributed by atoms with E-state index in [1.807, 2.05) is 18.2 Å². The van der Waals surface area contributed by atoms with Crippen LogP contribution < -0.4 is 0 Å². The molecule has 2 nitrogen and oxygen atoms in total. The number of hydrogen-bond donors (Lipinski definition) is 0. The molecule has 0 atom stereocenters. The molecule has 1 aliphatic heterocycles. The summed E-state index contributed by atoms with van der Waals surface area (Å²) in [6.45, 7) is 4.36. The van der Waals surface area contributed by atoms with E-state index in [0.29, 0.717) is 5.92 Å². The largest absolute Gasteiger partial charge is 0.456 e. The summed E-state index contributed by atoms with van der Waals surface area (Å²) in [6, 6.07) is 10.3. The molecule has 0 saturated carbocycles. The predicted octanol–water partition coefficient (Wildman–Crippen LogP) is 3.49. The van der Waals surface area contributed by atoms with E-state index < -0.39 is 5.79 Å². The highest BCUT2D eigenvalue weighted by Gasteiger charge is 2.36. The Balaban J connectivity index is 2.09. The van der Waals surface area contributed by atoms with Crippen molar-refractivity contribution in [1.29, 1.82) is 0 Å². The summed E-state index contributed by atoms with van der Waals surface area (Å²) in [5, 5.41) is 0. The first-order valence-electron chi connectivity index (χ1n) is 5.75. The minimum absolute atomic E-state index is 0.491. The average Bonchev–Trinajstić information content (AvgIpc) is 2.66. The highest BCUT2D eigenvalue weighted by molar-refractivity contribution is 5.17. The summed E-state index contributed by atoms with van der Waals surface area (Å²) in [5.74, 6) is 0.0545. The quantitative estimate of drug-likeness (QED) is 0.770. The maximum absolute atomic E-state index is 5.65. The summed E-state index contributed by atoms with van der Waals surface area (Å²) in [4.78, 5) is 0. The van der Waals surface area contributed by atoms with E-state index in [9.17, 15) is 0 Å². The summed E-state index contributed by atoms with van der Waals surface area (Å²) in [6.07, 6.45) is 4.98. The van der Waals surface area contributed by atoms with Crippen LogP contribution in [0.5, 0.6) is 0 Å². The lowest BCUT2D eigenvalue weighted by Crippen LogP contribution is -2.34. The van der Waals surface area contributed by atoms with Gasteiger partial charge in [-0.05, 0) is 11.5 Å². The van der Waals surface area contributed by atoms with Gasteiger partial charge in [-0.3, -0.25) is 0 Å². The molecule has 1 heterocycles. The minimum atomic E-state index is -0.491. The molecule has 0 aliphatic carbocycles. The molecule has 2 heteroatoms. The molecule has 0 aromatic heterocycles. The molecule has 1 aromatic carbocycles. The minimum Gasteiger partial charge on any atom is -0.456 e. The third-order valence-electron chi connectivity index (χ3n) is 2.66. The van der Waals surface area contributed by atoms with Gasteiger partial charge in [0.05, 0.1) is 0 Å². The van der Waals surface area contributed by atoms with Crippen LogP contribution in [0.15, 0.2) is 42.9 Å². The molecule has 1 aliphatic rings. The van der Waals surface area contributed by atoms with Crippen LogP contribution in [0.1, 0.15) is 25.8 Å². The van der Waals surface area contributed by atoms with E-state index in [4.69, 9.17) is 9.47 Å². The predicted molar refractivity (Wildman–Crippen MR) is 63.6 cm³/mol. The van der Waals surface area contributed by atoms with Crippen molar-refractivity contribution in [2.45, 2.75) is 32.5 Å². The van der Waals surface area contributed by atoms with Crippen LogP contribution in [0.25, 0.3) is 0 Å². The second kappa shape index (κ2) is 4.60. The Labute approximate surface area is 96.9 Å². The standard InChI is InChI=1S/C14H18O2/c1-12(2)10-14(15-8-9-16-14)11-13-6-4-3-5-7-13/h3-9,12H,10-11H2,1-2H3. The molecule has 0 amide bonds. The lowest BCUT2D eigenvalue weighted by molar-refractivity contribution is -0.152. The second-order valence-electron chi connectivity index (χ2n) is 4.68. The first kappa shape index (κ1) is 11.1. The second-order valence-corrected chi connectivity index (χ2v) is 4.68. The zero-order chi connectivity index (χ0) is 11.4. The van der Waals surface area contributed by atoms with Gasteiger partial charge in [-0.25, -0.2) is 0 Å². The van der Waals surface area contributed by atoms with Crippen molar-refractivity contribution in [1.82, 2.24) is 0 Å². The number of ether oxygens (including phenoxy) is 2. The molecule has 0 fully saturated rings. The molecule has 1 aromatic rings. The highest BCUT2D eigenvalue weighted by atomic mass is 16.7. The van der Waals surface area contributed by atoms with Gasteiger partial charge in [0.1, 0.15) is 12.5 Å². The van der Waals surface area contributed by atoms with Gasteiger partial charge in [-0.2, -0.15) is 0 Å². The molecule has 0 saturated heterocycles. The maximum Gasteiger partial charge on any atom is 0.254 e. The van der Waals surface area contributed by atoms with Gasteiger partial charge in [0.25, 0.3) is 5.79 Å². The van der Waals surface area contributed by atoms with E-state index in [0.717, 1.165) is 12.8 Å². The van der Waals surface area contributed by atoms with E-state index in [1.54, 1.807) is 12.5 Å². The molecule has 16 heavy (non-hydrogen) atoms. The van der Waals surface area contributed by atoms with Gasteiger partial charge < -0.3 is 9.47 Å². The first-order valence-corrected chi connectivity index (χ1v) is 5.75. The fraction of sp³-hybridized carbons (Fsp3) is 0.429. The van der Waals surface area contributed by atoms with Crippen LogP contribution in [-0.4, -0.2) is 5.79 Å². The van der Waals surface area contributed by atoms with Crippen LogP contribution in [0, 0.1) is 5.92 Å². The van der Waals surface area contributed by atoms with E-state index in [2.05, 4.69) is 26.0 Å². The summed E-state index contributed by atoms with van der Waals surface area (Å²) in [5.41, 5.74) is 1.24. The first-order chi connectivity index (χ1) is 7.70. The van der Waals surface area contributed by atoms with Crippen molar-refractivity contribution in [3.8, 4) is 0 Å². The van der Waals surface area contributed by atoms with E-state index in [-0.39, 0.29) is 0 Å². The van der Waals surface area contributed by atoms with Crippen molar-refractivity contribution in [2.24, 2.45) is 5.92 Å². The third kappa shape index (κ3) is 2.57. The van der Waals surface area contributed by atoms with E-state index in [1.165, 1.54) is 5.56 Å². The SMILES string of the molecule is CC(C)CC1(Cc2ccccc2)OC=CO1. The molecule has 86 valence electrons. The topological polar surface area (TPSA) is 18.5 Å². The van der Waals surface area contributed by atoms with Gasteiger partial charge in [-0.15, -0.1) is 0 Å². The van der Waals surface area contributed by atoms with Crippen molar-refractivity contribution in [3.63, 3.8) is 0 Å². The van der Waals surface area contributed by atoms with Crippen LogP contribution in [0.3, 0.4) is 0 Å². The van der Waals surface area contributed by atoms with Gasteiger partial charge in [-0.1, -0.05) is 44.2 Å². The molecule has 0 radical (unpaired) electrons. The zero-order valence-corrected chi connectivity index (χ0v) is 9.85. The average molecular weight is 218 g/mol. The molecule has 0 bridgehead atoms. The Bertz CT molecular complexity index is 346. The number of benzene rings is 1. The fourth-order valence-electron chi connectivity index (χ4n) is 2.11. The van der Waals surface area contributed by atoms with Gasteiger partial charge in [0.2, 0.25) is 0 Å². The third-order valence-corrected chi connectivity index (χ3v) is 2.66. The zero-order valence-electron chi connectivity index (χ0n) is 9.85. The van der Waals surface area contributed by atoms with Crippen molar-refractivity contribution >= 4 is 0 Å². The Morgan fingerprint density at radius 2 is 1.69 bits per heavy atom. The Hall–Kier alpha value is -1.44. The lowest BCUT2D eigenvalue weighted by Gasteiger charge is -2.29. The van der Waals surface area contributed by atoms with Crippen LogP contribution in [0.2, 0.25) is 0 Å². The summed E-state index contributed by atoms with van der Waals surface area (Å²) < 4.78 is 11.3. The van der Waals surface area contributed by atoms with Crippen molar-refractivity contribution in [3.05, 3.63) is 48.4 Å². The molecule has 2 rings (SSSR count). The van der Waals surface area contributed by atoms with Crippen molar-refractivity contribution < 1.29 is 9.47 Å². The highest BCUT2D eigenvalue weighted by Crippen LogP contribution is 2.31. The van der Waals surface area contributed by atoms with Gasteiger partial charge >= 0.3 is 0 Å². The Morgan fingerprint density at radius 1 is 1.06 bits per heavy atom. The van der Waals surface area contributed by atoms with Crippen LogP contribution in [-0.2, 0) is 15.9 Å². The number of rotatable bonds is 4. The normalized spacial score (nSPS) is 17.2. The molecular formula is C14H18O2. The molecular weight excluding hydrogens is 200 g/mol. The van der Waals surface area contributed by atoms with Crippen LogP contribution in [0.4, 0.5) is 0 Å². The Morgan fingerprint density at radius 3 is 2.25 bits per heavy atom. The summed E-state index contributed by atoms with van der Waals surface area (Å²) in [7, 11) is 0. The summed E-state index contributed by atoms with van der Waals surface area (Å²) >= 11 is 0. The fourth-order valence-corrected chi connectivity index (χ4v) is 2.11.